The van der Waals surface area contributed by atoms with Gasteiger partial charge in [-0.1, -0.05) is 11.3 Å². The lowest BCUT2D eigenvalue weighted by Crippen LogP contribution is -2.44. The first-order chi connectivity index (χ1) is 11.4. The lowest BCUT2D eigenvalue weighted by molar-refractivity contribution is -0.138. The minimum atomic E-state index is -4.58. The van der Waals surface area contributed by atoms with Crippen LogP contribution in [0.2, 0.25) is 0 Å². The molecule has 1 saturated heterocycles. The summed E-state index contributed by atoms with van der Waals surface area (Å²) in [5.41, 5.74) is 0. The van der Waals surface area contributed by atoms with E-state index in [2.05, 4.69) is 15.5 Å². The second-order valence-corrected chi connectivity index (χ2v) is 6.01. The van der Waals surface area contributed by atoms with E-state index in [1.165, 1.54) is 16.1 Å². The lowest BCUT2D eigenvalue weighted by Gasteiger charge is -2.20. The van der Waals surface area contributed by atoms with Crippen LogP contribution in [0, 0.1) is 0 Å². The summed E-state index contributed by atoms with van der Waals surface area (Å²) in [5.74, 6) is 0.658. The number of carbonyl (C=O) groups excluding carboxylic acids is 1. The molecule has 0 saturated carbocycles. The summed E-state index contributed by atoms with van der Waals surface area (Å²) < 4.78 is 43.4. The second kappa shape index (κ2) is 6.40. The Bertz CT molecular complexity index is 703. The zero-order valence-corrected chi connectivity index (χ0v) is 13.4. The van der Waals surface area contributed by atoms with Gasteiger partial charge in [-0.25, -0.2) is 4.79 Å². The number of carbonyl (C=O) groups is 1. The summed E-state index contributed by atoms with van der Waals surface area (Å²) in [4.78, 5) is 15.1. The predicted molar refractivity (Wildman–Crippen MR) is 79.4 cm³/mol. The van der Waals surface area contributed by atoms with E-state index in [0.29, 0.717) is 36.7 Å². The summed E-state index contributed by atoms with van der Waals surface area (Å²) in [6, 6.07) is 3.09. The van der Waals surface area contributed by atoms with Gasteiger partial charge in [0.25, 0.3) is 0 Å². The van der Waals surface area contributed by atoms with E-state index in [4.69, 9.17) is 4.42 Å². The molecule has 3 rings (SSSR count). The molecule has 2 aromatic heterocycles. The molecule has 2 amide bonds. The van der Waals surface area contributed by atoms with E-state index in [-0.39, 0.29) is 5.13 Å². The Kier molecular flexibility index (Phi) is 4.45. The van der Waals surface area contributed by atoms with Crippen molar-refractivity contribution in [1.29, 1.82) is 0 Å². The average Bonchev–Trinajstić information content (AvgIpc) is 3.24. The van der Waals surface area contributed by atoms with Crippen molar-refractivity contribution in [3.63, 3.8) is 0 Å². The first-order valence-electron chi connectivity index (χ1n) is 7.14. The summed E-state index contributed by atoms with van der Waals surface area (Å²) in [6.07, 6.45) is -3.58. The monoisotopic (exact) mass is 361 g/mol. The van der Waals surface area contributed by atoms with E-state index in [1.54, 1.807) is 19.1 Å². The second-order valence-electron chi connectivity index (χ2n) is 5.05. The molecule has 1 unspecified atom stereocenters. The molecule has 0 aromatic carbocycles. The topological polar surface area (TPSA) is 74.5 Å². The molecule has 1 fully saturated rings. The van der Waals surface area contributed by atoms with Crippen LogP contribution < -0.4 is 10.2 Å². The van der Waals surface area contributed by atoms with Crippen molar-refractivity contribution in [2.24, 2.45) is 0 Å². The molecule has 11 heteroatoms. The number of furan rings is 1. The summed E-state index contributed by atoms with van der Waals surface area (Å²) in [5, 5.41) is 8.63. The van der Waals surface area contributed by atoms with E-state index in [1.807, 2.05) is 0 Å². The highest BCUT2D eigenvalue weighted by molar-refractivity contribution is 7.15. The number of urea groups is 1. The van der Waals surface area contributed by atoms with Crippen molar-refractivity contribution >= 4 is 22.5 Å². The number of alkyl halides is 3. The number of halogens is 3. The highest BCUT2D eigenvalue weighted by Crippen LogP contribution is 2.36. The Morgan fingerprint density at radius 1 is 1.46 bits per heavy atom. The van der Waals surface area contributed by atoms with Gasteiger partial charge in [-0.15, -0.1) is 10.2 Å². The fourth-order valence-electron chi connectivity index (χ4n) is 2.35. The van der Waals surface area contributed by atoms with Crippen molar-refractivity contribution in [2.75, 3.05) is 18.0 Å². The van der Waals surface area contributed by atoms with Gasteiger partial charge in [0.15, 0.2) is 0 Å². The number of likely N-dealkylation sites (N-methyl/N-ethyl adjacent to an activating group) is 1. The van der Waals surface area contributed by atoms with Crippen LogP contribution in [0.15, 0.2) is 22.8 Å². The lowest BCUT2D eigenvalue weighted by atomic mass is 10.4. The van der Waals surface area contributed by atoms with Crippen LogP contribution >= 0.6 is 11.3 Å². The molecule has 1 aliphatic heterocycles. The van der Waals surface area contributed by atoms with Gasteiger partial charge in [0.05, 0.1) is 19.4 Å². The van der Waals surface area contributed by atoms with Gasteiger partial charge in [-0.05, 0) is 19.1 Å². The Labute approximate surface area is 139 Å². The number of rotatable bonds is 5. The number of amides is 2. The van der Waals surface area contributed by atoms with Gasteiger partial charge < -0.3 is 9.32 Å². The van der Waals surface area contributed by atoms with Gasteiger partial charge in [-0.3, -0.25) is 10.2 Å². The van der Waals surface area contributed by atoms with Crippen LogP contribution in [-0.4, -0.2) is 40.4 Å². The van der Waals surface area contributed by atoms with Crippen molar-refractivity contribution in [2.45, 2.75) is 25.8 Å². The average molecular weight is 361 g/mol. The van der Waals surface area contributed by atoms with E-state index in [9.17, 15) is 18.0 Å². The molecule has 2 aromatic rings. The normalized spacial score (nSPS) is 18.7. The molecular weight excluding hydrogens is 347 g/mol. The quantitative estimate of drug-likeness (QED) is 0.886. The van der Waals surface area contributed by atoms with Crippen LogP contribution in [-0.2, 0) is 12.7 Å². The zero-order chi connectivity index (χ0) is 17.3. The molecule has 130 valence electrons. The molecule has 1 aliphatic rings. The molecule has 7 nitrogen and oxygen atoms in total. The van der Waals surface area contributed by atoms with E-state index < -0.39 is 23.4 Å². The number of aromatic nitrogens is 2. The molecule has 1 N–H and O–H groups in total. The number of hydrogen-bond donors (Lipinski definition) is 1. The van der Waals surface area contributed by atoms with E-state index >= 15 is 0 Å². The number of anilines is 1. The van der Waals surface area contributed by atoms with Crippen LogP contribution in [0.5, 0.6) is 0 Å². The van der Waals surface area contributed by atoms with Gasteiger partial charge in [0.2, 0.25) is 10.1 Å². The molecule has 3 heterocycles. The standard InChI is InChI=1S/C13H14F3N5O2S/c1-2-20-7-9(17-6-8-4-3-5-23-8)21(12(20)22)11-19-18-10(24-11)13(14,15)16/h3-5,9,17H,2,6-7H2,1H3. The van der Waals surface area contributed by atoms with E-state index in [0.717, 1.165) is 0 Å². The maximum atomic E-state index is 12.7. The Balaban J connectivity index is 1.81. The minimum absolute atomic E-state index is 0.0831. The fraction of sp³-hybridized carbons (Fsp3) is 0.462. The number of hydrogen-bond acceptors (Lipinski definition) is 6. The van der Waals surface area contributed by atoms with Crippen LogP contribution in [0.1, 0.15) is 17.7 Å². The third-order valence-electron chi connectivity index (χ3n) is 3.52. The summed E-state index contributed by atoms with van der Waals surface area (Å²) in [7, 11) is 0. The van der Waals surface area contributed by atoms with Crippen molar-refractivity contribution < 1.29 is 22.4 Å². The Morgan fingerprint density at radius 3 is 2.83 bits per heavy atom. The van der Waals surface area contributed by atoms with Crippen molar-refractivity contribution in [3.8, 4) is 0 Å². The fourth-order valence-corrected chi connectivity index (χ4v) is 3.10. The number of nitrogens with one attached hydrogen (secondary N) is 1. The maximum Gasteiger partial charge on any atom is 0.445 e. The van der Waals surface area contributed by atoms with Gasteiger partial charge in [-0.2, -0.15) is 13.2 Å². The molecule has 0 aliphatic carbocycles. The minimum Gasteiger partial charge on any atom is -0.468 e. The predicted octanol–water partition coefficient (Wildman–Crippen LogP) is 2.53. The van der Waals surface area contributed by atoms with Crippen molar-refractivity contribution in [3.05, 3.63) is 29.2 Å². The molecule has 0 spiro atoms. The third-order valence-corrected chi connectivity index (χ3v) is 4.49. The van der Waals surface area contributed by atoms with Gasteiger partial charge in [0.1, 0.15) is 11.9 Å². The molecule has 1 atom stereocenters. The molecular formula is C13H14F3N5O2S. The highest BCUT2D eigenvalue weighted by atomic mass is 32.1. The SMILES string of the molecule is CCN1CC(NCc2ccco2)N(c2nnc(C(F)(F)F)s2)C1=O. The Morgan fingerprint density at radius 2 is 2.25 bits per heavy atom. The maximum absolute atomic E-state index is 12.7. The van der Waals surface area contributed by atoms with Gasteiger partial charge in [0, 0.05) is 6.54 Å². The molecule has 0 radical (unpaired) electrons. The molecule has 24 heavy (non-hydrogen) atoms. The van der Waals surface area contributed by atoms with Gasteiger partial charge >= 0.3 is 12.2 Å². The third kappa shape index (κ3) is 3.22. The number of nitrogens with zero attached hydrogens (tertiary/aromatic N) is 4. The molecule has 0 bridgehead atoms. The smallest absolute Gasteiger partial charge is 0.445 e. The zero-order valence-electron chi connectivity index (χ0n) is 12.6. The highest BCUT2D eigenvalue weighted by Gasteiger charge is 2.42. The van der Waals surface area contributed by atoms with Crippen LogP contribution in [0.3, 0.4) is 0 Å². The summed E-state index contributed by atoms with van der Waals surface area (Å²) in [6.45, 7) is 2.91. The summed E-state index contributed by atoms with van der Waals surface area (Å²) >= 11 is 0.348. The first-order valence-corrected chi connectivity index (χ1v) is 7.96. The largest absolute Gasteiger partial charge is 0.468 e. The van der Waals surface area contributed by atoms with Crippen LogP contribution in [0.25, 0.3) is 0 Å². The van der Waals surface area contributed by atoms with Crippen LogP contribution in [0.4, 0.5) is 23.1 Å². The van der Waals surface area contributed by atoms with Crippen molar-refractivity contribution in [1.82, 2.24) is 20.4 Å². The first kappa shape index (κ1) is 16.7. The Hall–Kier alpha value is -2.14.